The molecule has 0 bridgehead atoms. The molecule has 30 heavy (non-hydrogen) atoms. The van der Waals surface area contributed by atoms with Crippen molar-refractivity contribution in [2.75, 3.05) is 33.8 Å². The number of hydrogen-bond acceptors (Lipinski definition) is 4. The molecular formula is C22H35IN4O3. The molecule has 8 heteroatoms. The second-order valence-electron chi connectivity index (χ2n) is 7.96. The third-order valence-electron chi connectivity index (χ3n) is 5.70. The van der Waals surface area contributed by atoms with E-state index in [1.807, 2.05) is 36.1 Å². The number of likely N-dealkylation sites (tertiary alicyclic amines) is 1. The van der Waals surface area contributed by atoms with Gasteiger partial charge in [0, 0.05) is 38.2 Å². The van der Waals surface area contributed by atoms with Crippen LogP contribution in [-0.4, -0.2) is 62.7 Å². The Bertz CT molecular complexity index is 709. The molecule has 1 aromatic carbocycles. The molecule has 1 saturated heterocycles. The summed E-state index contributed by atoms with van der Waals surface area (Å²) in [4.78, 5) is 19.0. The molecule has 1 aliphatic carbocycles. The number of aliphatic imine (C=N–C) groups is 1. The highest BCUT2D eigenvalue weighted by atomic mass is 127. The van der Waals surface area contributed by atoms with Crippen LogP contribution < -0.4 is 20.1 Å². The molecule has 2 atom stereocenters. The Balaban J connectivity index is 0.00000320. The molecule has 2 N–H and O–H groups in total. The van der Waals surface area contributed by atoms with Crippen molar-refractivity contribution in [3.63, 3.8) is 0 Å². The van der Waals surface area contributed by atoms with Crippen molar-refractivity contribution in [2.24, 2.45) is 10.9 Å². The highest BCUT2D eigenvalue weighted by molar-refractivity contribution is 14.0. The topological polar surface area (TPSA) is 75.2 Å². The van der Waals surface area contributed by atoms with Gasteiger partial charge < -0.3 is 25.0 Å². The highest BCUT2D eigenvalue weighted by Gasteiger charge is 2.32. The number of carbonyl (C=O) groups excluding carboxylic acids is 1. The summed E-state index contributed by atoms with van der Waals surface area (Å²) in [6, 6.07) is 7.83. The van der Waals surface area contributed by atoms with E-state index >= 15 is 0 Å². The van der Waals surface area contributed by atoms with E-state index in [0.29, 0.717) is 12.5 Å². The van der Waals surface area contributed by atoms with E-state index in [4.69, 9.17) is 9.47 Å². The summed E-state index contributed by atoms with van der Waals surface area (Å²) in [5.41, 5.74) is 0. The predicted octanol–water partition coefficient (Wildman–Crippen LogP) is 3.04. The number of rotatable bonds is 7. The standard InChI is InChI=1S/C22H34N4O3.HI/c1-16(29-20-10-6-9-19(13-20)28-3)14-24-22(23-2)25-18-11-12-26(15-18)21(27)17-7-4-5-8-17;/h6,9-10,13,16-18H,4-5,7-8,11-12,14-15H2,1-3H3,(H2,23,24,25);1H. The minimum Gasteiger partial charge on any atom is -0.497 e. The molecule has 168 valence electrons. The first kappa shape index (κ1) is 24.6. The minimum absolute atomic E-state index is 0. The number of amides is 1. The van der Waals surface area contributed by atoms with E-state index in [1.54, 1.807) is 14.2 Å². The Morgan fingerprint density at radius 3 is 2.70 bits per heavy atom. The molecule has 2 unspecified atom stereocenters. The molecule has 0 aromatic heterocycles. The van der Waals surface area contributed by atoms with E-state index in [-0.39, 0.29) is 42.0 Å². The highest BCUT2D eigenvalue weighted by Crippen LogP contribution is 2.27. The first-order chi connectivity index (χ1) is 14.1. The number of methoxy groups -OCH3 is 1. The van der Waals surface area contributed by atoms with E-state index < -0.39 is 0 Å². The van der Waals surface area contributed by atoms with Crippen LogP contribution in [0.3, 0.4) is 0 Å². The number of nitrogens with one attached hydrogen (secondary N) is 2. The van der Waals surface area contributed by atoms with E-state index in [9.17, 15) is 4.79 Å². The summed E-state index contributed by atoms with van der Waals surface area (Å²) in [6.45, 7) is 4.22. The van der Waals surface area contributed by atoms with Crippen LogP contribution in [0.4, 0.5) is 0 Å². The molecule has 1 aromatic rings. The number of carbonyl (C=O) groups is 1. The van der Waals surface area contributed by atoms with Crippen molar-refractivity contribution in [3.8, 4) is 11.5 Å². The van der Waals surface area contributed by atoms with Crippen molar-refractivity contribution < 1.29 is 14.3 Å². The summed E-state index contributed by atoms with van der Waals surface area (Å²) < 4.78 is 11.2. The number of guanidine groups is 1. The molecule has 2 aliphatic rings. The Morgan fingerprint density at radius 1 is 1.27 bits per heavy atom. The summed E-state index contributed by atoms with van der Waals surface area (Å²) in [6.07, 6.45) is 5.42. The predicted molar refractivity (Wildman–Crippen MR) is 130 cm³/mol. The third-order valence-corrected chi connectivity index (χ3v) is 5.70. The van der Waals surface area contributed by atoms with Gasteiger partial charge in [-0.15, -0.1) is 24.0 Å². The molecule has 3 rings (SSSR count). The second-order valence-corrected chi connectivity index (χ2v) is 7.96. The van der Waals surface area contributed by atoms with Crippen molar-refractivity contribution >= 4 is 35.8 Å². The zero-order chi connectivity index (χ0) is 20.6. The molecule has 1 amide bonds. The number of ether oxygens (including phenoxy) is 2. The van der Waals surface area contributed by atoms with Gasteiger partial charge in [0.15, 0.2) is 5.96 Å². The lowest BCUT2D eigenvalue weighted by Gasteiger charge is -2.22. The van der Waals surface area contributed by atoms with Crippen LogP contribution >= 0.6 is 24.0 Å². The van der Waals surface area contributed by atoms with Crippen LogP contribution in [0.15, 0.2) is 29.3 Å². The van der Waals surface area contributed by atoms with Crippen molar-refractivity contribution in [3.05, 3.63) is 24.3 Å². The lowest BCUT2D eigenvalue weighted by molar-refractivity contribution is -0.134. The number of benzene rings is 1. The van der Waals surface area contributed by atoms with Gasteiger partial charge in [0.25, 0.3) is 0 Å². The Labute approximate surface area is 197 Å². The van der Waals surface area contributed by atoms with Crippen LogP contribution in [0.1, 0.15) is 39.0 Å². The van der Waals surface area contributed by atoms with Gasteiger partial charge in [-0.3, -0.25) is 9.79 Å². The molecule has 1 saturated carbocycles. The zero-order valence-corrected chi connectivity index (χ0v) is 20.6. The summed E-state index contributed by atoms with van der Waals surface area (Å²) in [7, 11) is 3.41. The first-order valence-corrected chi connectivity index (χ1v) is 10.7. The van der Waals surface area contributed by atoms with Gasteiger partial charge in [-0.2, -0.15) is 0 Å². The zero-order valence-electron chi connectivity index (χ0n) is 18.2. The average molecular weight is 530 g/mol. The van der Waals surface area contributed by atoms with E-state index in [2.05, 4.69) is 15.6 Å². The molecule has 1 heterocycles. The summed E-state index contributed by atoms with van der Waals surface area (Å²) in [5.74, 6) is 2.89. The average Bonchev–Trinajstić information content (AvgIpc) is 3.43. The molecule has 7 nitrogen and oxygen atoms in total. The van der Waals surface area contributed by atoms with Crippen LogP contribution in [0.5, 0.6) is 11.5 Å². The molecular weight excluding hydrogens is 495 g/mol. The fourth-order valence-electron chi connectivity index (χ4n) is 4.09. The van der Waals surface area contributed by atoms with E-state index in [1.165, 1.54) is 12.8 Å². The number of hydrogen-bond donors (Lipinski definition) is 2. The van der Waals surface area contributed by atoms with Crippen molar-refractivity contribution in [1.82, 2.24) is 15.5 Å². The van der Waals surface area contributed by atoms with Crippen LogP contribution in [0, 0.1) is 5.92 Å². The normalized spacial score (nSPS) is 20.4. The van der Waals surface area contributed by atoms with Crippen LogP contribution in [-0.2, 0) is 4.79 Å². The quantitative estimate of drug-likeness (QED) is 0.322. The lowest BCUT2D eigenvalue weighted by Crippen LogP contribution is -2.47. The number of nitrogens with zero attached hydrogens (tertiary/aromatic N) is 2. The van der Waals surface area contributed by atoms with Gasteiger partial charge >= 0.3 is 0 Å². The third kappa shape index (κ3) is 6.92. The van der Waals surface area contributed by atoms with Gasteiger partial charge in [-0.1, -0.05) is 18.9 Å². The smallest absolute Gasteiger partial charge is 0.225 e. The molecule has 1 aliphatic heterocycles. The monoisotopic (exact) mass is 530 g/mol. The van der Waals surface area contributed by atoms with Crippen LogP contribution in [0.25, 0.3) is 0 Å². The molecule has 2 fully saturated rings. The maximum absolute atomic E-state index is 12.6. The van der Waals surface area contributed by atoms with E-state index in [0.717, 1.165) is 49.8 Å². The number of halogens is 1. The fourth-order valence-corrected chi connectivity index (χ4v) is 4.09. The summed E-state index contributed by atoms with van der Waals surface area (Å²) >= 11 is 0. The van der Waals surface area contributed by atoms with Crippen molar-refractivity contribution in [1.29, 1.82) is 0 Å². The minimum atomic E-state index is -0.0373. The van der Waals surface area contributed by atoms with Gasteiger partial charge in [0.2, 0.25) is 5.91 Å². The largest absolute Gasteiger partial charge is 0.497 e. The SMILES string of the molecule is CN=C(NCC(C)Oc1cccc(OC)c1)NC1CCN(C(=O)C2CCCC2)C1.I. The van der Waals surface area contributed by atoms with Gasteiger partial charge in [-0.25, -0.2) is 0 Å². The maximum atomic E-state index is 12.6. The van der Waals surface area contributed by atoms with Gasteiger partial charge in [0.05, 0.1) is 13.7 Å². The summed E-state index contributed by atoms with van der Waals surface area (Å²) in [5, 5.41) is 6.77. The Kier molecular flexibility index (Phi) is 10.0. The van der Waals surface area contributed by atoms with Crippen LogP contribution in [0.2, 0.25) is 0 Å². The second kappa shape index (κ2) is 12.2. The Morgan fingerprint density at radius 2 is 2.00 bits per heavy atom. The molecule has 0 radical (unpaired) electrons. The Hall–Kier alpha value is -1.71. The van der Waals surface area contributed by atoms with Gasteiger partial charge in [-0.05, 0) is 38.3 Å². The van der Waals surface area contributed by atoms with Gasteiger partial charge in [0.1, 0.15) is 17.6 Å². The molecule has 0 spiro atoms. The first-order valence-electron chi connectivity index (χ1n) is 10.7. The lowest BCUT2D eigenvalue weighted by atomic mass is 10.1. The van der Waals surface area contributed by atoms with Crippen molar-refractivity contribution in [2.45, 2.75) is 51.2 Å². The maximum Gasteiger partial charge on any atom is 0.225 e. The fraction of sp³-hybridized carbons (Fsp3) is 0.636.